The van der Waals surface area contributed by atoms with Crippen LogP contribution < -0.4 is 0 Å². The number of rotatable bonds is 2. The maximum atomic E-state index is 10.5. The first-order valence-electron chi connectivity index (χ1n) is 8.02. The van der Waals surface area contributed by atoms with Crippen LogP contribution in [0.5, 0.6) is 0 Å². The molecule has 0 unspecified atom stereocenters. The van der Waals surface area contributed by atoms with Crippen LogP contribution in [0, 0.1) is 0 Å². The Morgan fingerprint density at radius 2 is 1.19 bits per heavy atom. The van der Waals surface area contributed by atoms with E-state index in [1.807, 2.05) is 66.7 Å². The Balaban J connectivity index is 0.000000151. The zero-order valence-electron chi connectivity index (χ0n) is 13.8. The van der Waals surface area contributed by atoms with Gasteiger partial charge < -0.3 is 5.11 Å². The molecule has 0 aliphatic carbocycles. The number of carbonyl (C=O) groups is 1. The number of aldehydes is 1. The van der Waals surface area contributed by atoms with Gasteiger partial charge in [0, 0.05) is 14.5 Å². The maximum Gasteiger partial charge on any atom is 0.150 e. The third-order valence-corrected chi connectivity index (χ3v) is 5.00. The first-order valence-corrected chi connectivity index (χ1v) is 9.61. The quantitative estimate of drug-likeness (QED) is 0.338. The van der Waals surface area contributed by atoms with Crippen molar-refractivity contribution in [1.82, 2.24) is 0 Å². The van der Waals surface area contributed by atoms with Crippen molar-refractivity contribution < 1.29 is 9.90 Å². The Kier molecular flexibility index (Phi) is 6.20. The van der Waals surface area contributed by atoms with E-state index in [4.69, 9.17) is 5.11 Å². The average molecular weight is 472 g/mol. The molecule has 0 spiro atoms. The van der Waals surface area contributed by atoms with Crippen molar-refractivity contribution in [3.63, 3.8) is 0 Å². The monoisotopic (exact) mass is 470 g/mol. The summed E-state index contributed by atoms with van der Waals surface area (Å²) in [5.41, 5.74) is 1.67. The van der Waals surface area contributed by atoms with Gasteiger partial charge in [-0.05, 0) is 63.5 Å². The van der Waals surface area contributed by atoms with Crippen LogP contribution in [0.1, 0.15) is 15.9 Å². The molecule has 0 radical (unpaired) electrons. The summed E-state index contributed by atoms with van der Waals surface area (Å²) in [5, 5.41) is 13.5. The van der Waals surface area contributed by atoms with Gasteiger partial charge in [-0.2, -0.15) is 0 Å². The molecule has 0 bridgehead atoms. The Morgan fingerprint density at radius 3 is 1.77 bits per heavy atom. The molecule has 0 aliphatic heterocycles. The average Bonchev–Trinajstić information content (AvgIpc) is 2.67. The highest BCUT2D eigenvalue weighted by atomic mass is 79.9. The molecule has 0 saturated heterocycles. The normalized spacial score (nSPS) is 10.4. The highest BCUT2D eigenvalue weighted by Gasteiger charge is 1.96. The van der Waals surface area contributed by atoms with E-state index in [0.29, 0.717) is 0 Å². The van der Waals surface area contributed by atoms with E-state index in [0.717, 1.165) is 42.5 Å². The van der Waals surface area contributed by atoms with Crippen LogP contribution >= 0.6 is 31.9 Å². The Morgan fingerprint density at radius 1 is 0.692 bits per heavy atom. The van der Waals surface area contributed by atoms with Crippen molar-refractivity contribution in [1.29, 1.82) is 0 Å². The number of hydrogen-bond acceptors (Lipinski definition) is 2. The van der Waals surface area contributed by atoms with Gasteiger partial charge in [-0.1, -0.05) is 68.3 Å². The fourth-order valence-electron chi connectivity index (χ4n) is 2.67. The smallest absolute Gasteiger partial charge is 0.150 e. The second-order valence-corrected chi connectivity index (χ2v) is 7.68. The lowest BCUT2D eigenvalue weighted by molar-refractivity contribution is 0.112. The summed E-state index contributed by atoms with van der Waals surface area (Å²) in [6.07, 6.45) is 0.863. The standard InChI is InChI=1S/C11H9BrO.C11H7BrO/c2*12-11-4-3-9-5-8(7-13)1-2-10(9)6-11/h1-6,13H,7H2;1-7H. The van der Waals surface area contributed by atoms with E-state index < -0.39 is 0 Å². The highest BCUT2D eigenvalue weighted by Crippen LogP contribution is 2.21. The lowest BCUT2D eigenvalue weighted by atomic mass is 10.1. The summed E-state index contributed by atoms with van der Waals surface area (Å²) >= 11 is 6.82. The summed E-state index contributed by atoms with van der Waals surface area (Å²) in [5.74, 6) is 0. The lowest BCUT2D eigenvalue weighted by Gasteiger charge is -2.00. The minimum Gasteiger partial charge on any atom is -0.392 e. The van der Waals surface area contributed by atoms with Gasteiger partial charge in [0.2, 0.25) is 0 Å². The van der Waals surface area contributed by atoms with E-state index in [1.54, 1.807) is 0 Å². The van der Waals surface area contributed by atoms with Gasteiger partial charge in [-0.3, -0.25) is 4.79 Å². The topological polar surface area (TPSA) is 37.3 Å². The molecule has 1 N–H and O–H groups in total. The number of fused-ring (bicyclic) bond motifs is 2. The molecule has 0 aliphatic rings. The molecule has 0 saturated carbocycles. The molecule has 0 aromatic heterocycles. The fraction of sp³-hybridized carbons (Fsp3) is 0.0455. The fourth-order valence-corrected chi connectivity index (χ4v) is 3.43. The summed E-state index contributed by atoms with van der Waals surface area (Å²) < 4.78 is 2.13. The molecule has 0 amide bonds. The van der Waals surface area contributed by atoms with E-state index in [1.165, 1.54) is 5.39 Å². The van der Waals surface area contributed by atoms with Crippen LogP contribution in [0.3, 0.4) is 0 Å². The largest absolute Gasteiger partial charge is 0.392 e. The number of halogens is 2. The van der Waals surface area contributed by atoms with E-state index in [9.17, 15) is 4.79 Å². The zero-order valence-corrected chi connectivity index (χ0v) is 17.0. The SMILES string of the molecule is O=Cc1ccc2cc(Br)ccc2c1.OCc1ccc2cc(Br)ccc2c1. The number of aliphatic hydroxyl groups excluding tert-OH is 1. The number of carbonyl (C=O) groups excluding carboxylic acids is 1. The summed E-state index contributed by atoms with van der Waals surface area (Å²) in [6.45, 7) is 0.103. The van der Waals surface area contributed by atoms with Gasteiger partial charge in [0.25, 0.3) is 0 Å². The minimum absolute atomic E-state index is 0.103. The van der Waals surface area contributed by atoms with Crippen LogP contribution in [-0.4, -0.2) is 11.4 Å². The Hall–Kier alpha value is -2.01. The molecule has 0 heterocycles. The predicted octanol–water partition coefficient (Wildman–Crippen LogP) is 6.51. The second-order valence-electron chi connectivity index (χ2n) is 5.85. The third kappa shape index (κ3) is 4.58. The van der Waals surface area contributed by atoms with Crippen LogP contribution in [0.15, 0.2) is 81.7 Å². The van der Waals surface area contributed by atoms with Crippen molar-refractivity contribution in [3.8, 4) is 0 Å². The van der Waals surface area contributed by atoms with Gasteiger partial charge in [0.15, 0.2) is 0 Å². The molecule has 26 heavy (non-hydrogen) atoms. The van der Waals surface area contributed by atoms with Crippen LogP contribution in [0.2, 0.25) is 0 Å². The lowest BCUT2D eigenvalue weighted by Crippen LogP contribution is -1.82. The van der Waals surface area contributed by atoms with Gasteiger partial charge in [0.05, 0.1) is 6.61 Å². The Labute approximate surface area is 168 Å². The third-order valence-electron chi connectivity index (χ3n) is 4.01. The molecular formula is C22H16Br2O2. The van der Waals surface area contributed by atoms with E-state index in [2.05, 4.69) is 37.9 Å². The van der Waals surface area contributed by atoms with Gasteiger partial charge in [-0.15, -0.1) is 0 Å². The summed E-state index contributed by atoms with van der Waals surface area (Å²) in [7, 11) is 0. The van der Waals surface area contributed by atoms with E-state index >= 15 is 0 Å². The first kappa shape index (κ1) is 18.8. The van der Waals surface area contributed by atoms with Crippen molar-refractivity contribution >= 4 is 59.7 Å². The van der Waals surface area contributed by atoms with Crippen molar-refractivity contribution in [2.75, 3.05) is 0 Å². The molecule has 4 aromatic rings. The van der Waals surface area contributed by atoms with Gasteiger partial charge in [0.1, 0.15) is 6.29 Å². The maximum absolute atomic E-state index is 10.5. The number of hydrogen-bond donors (Lipinski definition) is 1. The van der Waals surface area contributed by atoms with Crippen molar-refractivity contribution in [2.24, 2.45) is 0 Å². The molecule has 2 nitrogen and oxygen atoms in total. The van der Waals surface area contributed by atoms with Crippen LogP contribution in [0.25, 0.3) is 21.5 Å². The molecule has 0 fully saturated rings. The Bertz CT molecular complexity index is 1070. The number of aliphatic hydroxyl groups is 1. The molecular weight excluding hydrogens is 456 g/mol. The van der Waals surface area contributed by atoms with Crippen molar-refractivity contribution in [3.05, 3.63) is 92.9 Å². The molecule has 0 atom stereocenters. The van der Waals surface area contributed by atoms with Crippen LogP contribution in [0.4, 0.5) is 0 Å². The zero-order chi connectivity index (χ0) is 18.5. The molecule has 4 heteroatoms. The van der Waals surface area contributed by atoms with Crippen molar-refractivity contribution in [2.45, 2.75) is 6.61 Å². The van der Waals surface area contributed by atoms with Gasteiger partial charge >= 0.3 is 0 Å². The van der Waals surface area contributed by atoms with Crippen LogP contribution in [-0.2, 0) is 6.61 Å². The predicted molar refractivity (Wildman–Crippen MR) is 115 cm³/mol. The second kappa shape index (κ2) is 8.58. The highest BCUT2D eigenvalue weighted by molar-refractivity contribution is 9.10. The van der Waals surface area contributed by atoms with E-state index in [-0.39, 0.29) is 6.61 Å². The summed E-state index contributed by atoms with van der Waals surface area (Å²) in [4.78, 5) is 10.5. The summed E-state index contributed by atoms with van der Waals surface area (Å²) in [6, 6.07) is 23.7. The minimum atomic E-state index is 0.103. The molecule has 4 rings (SSSR count). The molecule has 130 valence electrons. The van der Waals surface area contributed by atoms with Gasteiger partial charge in [-0.25, -0.2) is 0 Å². The first-order chi connectivity index (χ1) is 12.6. The molecule has 4 aromatic carbocycles. The number of benzene rings is 4.